The molecule has 1 heterocycles. The van der Waals surface area contributed by atoms with Gasteiger partial charge in [-0.25, -0.2) is 8.78 Å². The fourth-order valence-electron chi connectivity index (χ4n) is 3.21. The lowest BCUT2D eigenvalue weighted by Crippen LogP contribution is -2.41. The van der Waals surface area contributed by atoms with Gasteiger partial charge in [0.05, 0.1) is 0 Å². The molecule has 1 fully saturated rings. The van der Waals surface area contributed by atoms with Crippen LogP contribution < -0.4 is 9.47 Å². The average Bonchev–Trinajstić information content (AvgIpc) is 3.08. The third kappa shape index (κ3) is 4.74. The molecule has 2 aromatic rings. The molecule has 2 aromatic carbocycles. The van der Waals surface area contributed by atoms with E-state index in [2.05, 4.69) is 0 Å². The SMILES string of the molecule is CC(CN1CCC[C@H]1C(=O)O)Oc1ccccc1Oc1ccc(F)c(F)c1. The van der Waals surface area contributed by atoms with E-state index in [1.165, 1.54) is 6.07 Å². The molecule has 0 saturated carbocycles. The molecule has 7 heteroatoms. The number of benzene rings is 2. The second-order valence-corrected chi connectivity index (χ2v) is 6.54. The smallest absolute Gasteiger partial charge is 0.320 e. The first kappa shape index (κ1) is 19.1. The molecule has 1 aliphatic heterocycles. The van der Waals surface area contributed by atoms with Crippen LogP contribution in [-0.2, 0) is 4.79 Å². The number of carbonyl (C=O) groups is 1. The number of para-hydroxylation sites is 2. The molecule has 0 bridgehead atoms. The number of hydrogen-bond acceptors (Lipinski definition) is 4. The Morgan fingerprint density at radius 1 is 1.22 bits per heavy atom. The molecule has 3 rings (SSSR count). The van der Waals surface area contributed by atoms with E-state index in [9.17, 15) is 18.7 Å². The topological polar surface area (TPSA) is 59.0 Å². The summed E-state index contributed by atoms with van der Waals surface area (Å²) >= 11 is 0. The van der Waals surface area contributed by atoms with Gasteiger partial charge in [0.25, 0.3) is 0 Å². The molecule has 0 spiro atoms. The normalized spacial score (nSPS) is 18.3. The molecule has 0 aliphatic carbocycles. The van der Waals surface area contributed by atoms with Crippen LogP contribution in [0, 0.1) is 11.6 Å². The van der Waals surface area contributed by atoms with Gasteiger partial charge in [0, 0.05) is 12.6 Å². The van der Waals surface area contributed by atoms with Crippen LogP contribution in [0.1, 0.15) is 19.8 Å². The molecule has 5 nitrogen and oxygen atoms in total. The highest BCUT2D eigenvalue weighted by molar-refractivity contribution is 5.73. The molecular weight excluding hydrogens is 356 g/mol. The zero-order valence-corrected chi connectivity index (χ0v) is 14.9. The Hall–Kier alpha value is -2.67. The van der Waals surface area contributed by atoms with Crippen LogP contribution in [0.3, 0.4) is 0 Å². The quantitative estimate of drug-likeness (QED) is 0.788. The van der Waals surface area contributed by atoms with Crippen LogP contribution in [0.15, 0.2) is 42.5 Å². The summed E-state index contributed by atoms with van der Waals surface area (Å²) in [5.41, 5.74) is 0. The molecular formula is C20H21F2NO4. The first-order valence-electron chi connectivity index (χ1n) is 8.79. The summed E-state index contributed by atoms with van der Waals surface area (Å²) in [7, 11) is 0. The fourth-order valence-corrected chi connectivity index (χ4v) is 3.21. The molecule has 1 aliphatic rings. The number of likely N-dealkylation sites (tertiary alicyclic amines) is 1. The summed E-state index contributed by atoms with van der Waals surface area (Å²) in [6, 6.07) is 9.71. The van der Waals surface area contributed by atoms with Gasteiger partial charge in [-0.15, -0.1) is 0 Å². The van der Waals surface area contributed by atoms with E-state index in [1.807, 2.05) is 11.8 Å². The summed E-state index contributed by atoms with van der Waals surface area (Å²) in [5.74, 6) is -1.79. The van der Waals surface area contributed by atoms with Gasteiger partial charge in [-0.05, 0) is 50.6 Å². The summed E-state index contributed by atoms with van der Waals surface area (Å²) in [4.78, 5) is 13.2. The third-order valence-corrected chi connectivity index (χ3v) is 4.44. The molecule has 1 unspecified atom stereocenters. The number of halogens is 2. The van der Waals surface area contributed by atoms with Gasteiger partial charge >= 0.3 is 5.97 Å². The maximum atomic E-state index is 13.4. The molecule has 27 heavy (non-hydrogen) atoms. The molecule has 1 N–H and O–H groups in total. The Bertz CT molecular complexity index is 814. The first-order chi connectivity index (χ1) is 12.9. The van der Waals surface area contributed by atoms with Crippen molar-refractivity contribution >= 4 is 5.97 Å². The number of hydrogen-bond donors (Lipinski definition) is 1. The Morgan fingerprint density at radius 3 is 2.67 bits per heavy atom. The number of carboxylic acid groups (broad SMARTS) is 1. The van der Waals surface area contributed by atoms with Crippen molar-refractivity contribution in [3.63, 3.8) is 0 Å². The minimum atomic E-state index is -0.993. The number of rotatable bonds is 7. The fraction of sp³-hybridized carbons (Fsp3) is 0.350. The molecule has 0 aromatic heterocycles. The Labute approximate surface area is 156 Å². The minimum Gasteiger partial charge on any atom is -0.485 e. The van der Waals surface area contributed by atoms with E-state index in [-0.39, 0.29) is 11.9 Å². The van der Waals surface area contributed by atoms with Crippen LogP contribution in [0.5, 0.6) is 17.2 Å². The lowest BCUT2D eigenvalue weighted by molar-refractivity contribution is -0.142. The zero-order valence-electron chi connectivity index (χ0n) is 14.9. The molecule has 1 saturated heterocycles. The van der Waals surface area contributed by atoms with Crippen molar-refractivity contribution in [1.82, 2.24) is 4.90 Å². The summed E-state index contributed by atoms with van der Waals surface area (Å²) in [6.45, 7) is 3.04. The van der Waals surface area contributed by atoms with E-state index >= 15 is 0 Å². The van der Waals surface area contributed by atoms with Crippen molar-refractivity contribution in [3.05, 3.63) is 54.1 Å². The number of carboxylic acids is 1. The van der Waals surface area contributed by atoms with Crippen molar-refractivity contribution in [2.75, 3.05) is 13.1 Å². The predicted octanol–water partition coefficient (Wildman–Crippen LogP) is 4.07. The molecule has 0 amide bonds. The monoisotopic (exact) mass is 377 g/mol. The van der Waals surface area contributed by atoms with Crippen LogP contribution >= 0.6 is 0 Å². The third-order valence-electron chi connectivity index (χ3n) is 4.44. The molecule has 2 atom stereocenters. The number of aliphatic carboxylic acids is 1. The highest BCUT2D eigenvalue weighted by atomic mass is 19.2. The van der Waals surface area contributed by atoms with Gasteiger partial charge in [-0.1, -0.05) is 12.1 Å². The lowest BCUT2D eigenvalue weighted by atomic mass is 10.2. The maximum absolute atomic E-state index is 13.4. The van der Waals surface area contributed by atoms with Gasteiger partial charge in [0.2, 0.25) is 0 Å². The Kier molecular flexibility index (Phi) is 5.91. The van der Waals surface area contributed by atoms with Crippen LogP contribution in [0.2, 0.25) is 0 Å². The van der Waals surface area contributed by atoms with E-state index in [0.717, 1.165) is 25.1 Å². The summed E-state index contributed by atoms with van der Waals surface area (Å²) < 4.78 is 38.0. The van der Waals surface area contributed by atoms with E-state index in [4.69, 9.17) is 9.47 Å². The largest absolute Gasteiger partial charge is 0.485 e. The lowest BCUT2D eigenvalue weighted by Gasteiger charge is -2.25. The van der Waals surface area contributed by atoms with Crippen molar-refractivity contribution in [2.45, 2.75) is 31.9 Å². The predicted molar refractivity (Wildman–Crippen MR) is 95.2 cm³/mol. The van der Waals surface area contributed by atoms with Gasteiger partial charge < -0.3 is 14.6 Å². The summed E-state index contributed by atoms with van der Waals surface area (Å²) in [6.07, 6.45) is 1.21. The van der Waals surface area contributed by atoms with Gasteiger partial charge in [0.1, 0.15) is 17.9 Å². The highest BCUT2D eigenvalue weighted by Crippen LogP contribution is 2.32. The Morgan fingerprint density at radius 2 is 1.96 bits per heavy atom. The second-order valence-electron chi connectivity index (χ2n) is 6.54. The van der Waals surface area contributed by atoms with E-state index < -0.39 is 23.6 Å². The molecule has 0 radical (unpaired) electrons. The number of ether oxygens (including phenoxy) is 2. The second kappa shape index (κ2) is 8.35. The van der Waals surface area contributed by atoms with Crippen molar-refractivity contribution in [1.29, 1.82) is 0 Å². The zero-order chi connectivity index (χ0) is 19.4. The van der Waals surface area contributed by atoms with Gasteiger partial charge in [0.15, 0.2) is 23.1 Å². The van der Waals surface area contributed by atoms with Crippen molar-refractivity contribution in [3.8, 4) is 17.2 Å². The summed E-state index contributed by atoms with van der Waals surface area (Å²) in [5, 5.41) is 9.28. The van der Waals surface area contributed by atoms with Gasteiger partial charge in [-0.3, -0.25) is 9.69 Å². The first-order valence-corrected chi connectivity index (χ1v) is 8.79. The molecule has 144 valence electrons. The average molecular weight is 377 g/mol. The van der Waals surface area contributed by atoms with Gasteiger partial charge in [-0.2, -0.15) is 0 Å². The van der Waals surface area contributed by atoms with E-state index in [1.54, 1.807) is 24.3 Å². The highest BCUT2D eigenvalue weighted by Gasteiger charge is 2.31. The minimum absolute atomic E-state index is 0.156. The number of nitrogens with zero attached hydrogens (tertiary/aromatic N) is 1. The Balaban J connectivity index is 1.68. The maximum Gasteiger partial charge on any atom is 0.320 e. The standard InChI is InChI=1S/C20H21F2NO4/c1-13(12-23-10-4-5-17(23)20(24)25)26-18-6-2-3-7-19(18)27-14-8-9-15(21)16(22)11-14/h2-3,6-9,11,13,17H,4-5,10,12H2,1H3,(H,24,25)/t13?,17-/m0/s1. The van der Waals surface area contributed by atoms with Crippen molar-refractivity contribution < 1.29 is 28.2 Å². The van der Waals surface area contributed by atoms with Crippen molar-refractivity contribution in [2.24, 2.45) is 0 Å². The van der Waals surface area contributed by atoms with Crippen LogP contribution in [-0.4, -0.2) is 41.2 Å². The van der Waals surface area contributed by atoms with E-state index in [0.29, 0.717) is 24.5 Å². The van der Waals surface area contributed by atoms with Crippen LogP contribution in [0.4, 0.5) is 8.78 Å². The van der Waals surface area contributed by atoms with Crippen LogP contribution in [0.25, 0.3) is 0 Å².